The molecular formula is C19H18N2O6S. The number of carbonyl (C=O) groups is 2. The molecule has 0 unspecified atom stereocenters. The van der Waals surface area contributed by atoms with Gasteiger partial charge in [-0.15, -0.1) is 0 Å². The van der Waals surface area contributed by atoms with Crippen LogP contribution in [0.4, 0.5) is 11.4 Å². The van der Waals surface area contributed by atoms with Crippen LogP contribution in [-0.2, 0) is 14.8 Å². The smallest absolute Gasteiger partial charge is 0.255 e. The van der Waals surface area contributed by atoms with E-state index in [0.29, 0.717) is 22.7 Å². The Bertz CT molecular complexity index is 1080. The number of ether oxygens (including phenoxy) is 2. The standard InChI is InChI=1S/C19H18N2O6S/c1-19(2)10-28(24,25)21(18(19)23)14-6-3-12(4-7-14)17(22)20-13-5-8-15-16(9-13)27-11-26-15/h3-9H,10-11H2,1-2H3,(H,20,22). The fourth-order valence-corrected chi connectivity index (χ4v) is 5.29. The highest BCUT2D eigenvalue weighted by Gasteiger charge is 2.49. The Balaban J connectivity index is 1.53. The molecule has 1 saturated heterocycles. The van der Waals surface area contributed by atoms with E-state index in [1.165, 1.54) is 24.3 Å². The summed E-state index contributed by atoms with van der Waals surface area (Å²) in [6.07, 6.45) is 0. The van der Waals surface area contributed by atoms with Crippen molar-refractivity contribution in [3.63, 3.8) is 0 Å². The summed E-state index contributed by atoms with van der Waals surface area (Å²) in [5.41, 5.74) is 0.103. The van der Waals surface area contributed by atoms with Crippen LogP contribution in [0.3, 0.4) is 0 Å². The average molecular weight is 402 g/mol. The zero-order valence-electron chi connectivity index (χ0n) is 15.3. The zero-order valence-corrected chi connectivity index (χ0v) is 16.1. The quantitative estimate of drug-likeness (QED) is 0.846. The molecule has 2 aliphatic rings. The molecule has 1 fully saturated rings. The zero-order chi connectivity index (χ0) is 20.1. The van der Waals surface area contributed by atoms with Crippen LogP contribution in [0, 0.1) is 5.41 Å². The first kappa shape index (κ1) is 18.3. The number of sulfonamides is 1. The number of nitrogens with one attached hydrogen (secondary N) is 1. The van der Waals surface area contributed by atoms with Gasteiger partial charge >= 0.3 is 0 Å². The van der Waals surface area contributed by atoms with Crippen LogP contribution in [0.2, 0.25) is 0 Å². The number of amides is 2. The summed E-state index contributed by atoms with van der Waals surface area (Å²) in [4.78, 5) is 24.9. The van der Waals surface area contributed by atoms with Crippen LogP contribution in [-0.4, -0.2) is 32.8 Å². The van der Waals surface area contributed by atoms with E-state index >= 15 is 0 Å². The number of anilines is 2. The van der Waals surface area contributed by atoms with Crippen molar-refractivity contribution in [1.29, 1.82) is 0 Å². The minimum atomic E-state index is -3.73. The molecule has 4 rings (SSSR count). The van der Waals surface area contributed by atoms with E-state index in [0.717, 1.165) is 4.31 Å². The van der Waals surface area contributed by atoms with E-state index < -0.39 is 21.3 Å². The molecule has 0 spiro atoms. The van der Waals surface area contributed by atoms with Gasteiger partial charge in [0.25, 0.3) is 5.91 Å². The van der Waals surface area contributed by atoms with Crippen molar-refractivity contribution < 1.29 is 27.5 Å². The van der Waals surface area contributed by atoms with E-state index in [9.17, 15) is 18.0 Å². The van der Waals surface area contributed by atoms with Crippen LogP contribution >= 0.6 is 0 Å². The summed E-state index contributed by atoms with van der Waals surface area (Å²) in [6.45, 7) is 3.34. The van der Waals surface area contributed by atoms with Crippen LogP contribution in [0.15, 0.2) is 42.5 Å². The number of hydrogen-bond acceptors (Lipinski definition) is 6. The second kappa shape index (κ2) is 6.23. The number of nitrogens with zero attached hydrogens (tertiary/aromatic N) is 1. The lowest BCUT2D eigenvalue weighted by molar-refractivity contribution is -0.123. The van der Waals surface area contributed by atoms with E-state index in [4.69, 9.17) is 9.47 Å². The third kappa shape index (κ3) is 3.07. The first-order valence-corrected chi connectivity index (χ1v) is 10.2. The lowest BCUT2D eigenvalue weighted by atomic mass is 9.95. The summed E-state index contributed by atoms with van der Waals surface area (Å²) in [5.74, 6) is 0.0623. The van der Waals surface area contributed by atoms with Gasteiger partial charge in [0.15, 0.2) is 11.5 Å². The van der Waals surface area contributed by atoms with Gasteiger partial charge in [-0.25, -0.2) is 12.7 Å². The molecular weight excluding hydrogens is 384 g/mol. The molecule has 2 heterocycles. The molecule has 0 atom stereocenters. The maximum Gasteiger partial charge on any atom is 0.255 e. The summed E-state index contributed by atoms with van der Waals surface area (Å²) in [6, 6.07) is 10.9. The summed E-state index contributed by atoms with van der Waals surface area (Å²) < 4.78 is 36.0. The molecule has 0 saturated carbocycles. The average Bonchev–Trinajstić information content (AvgIpc) is 3.14. The van der Waals surface area contributed by atoms with E-state index in [2.05, 4.69) is 5.32 Å². The largest absolute Gasteiger partial charge is 0.454 e. The van der Waals surface area contributed by atoms with Crippen molar-refractivity contribution in [2.45, 2.75) is 13.8 Å². The molecule has 28 heavy (non-hydrogen) atoms. The van der Waals surface area contributed by atoms with Crippen molar-refractivity contribution in [1.82, 2.24) is 0 Å². The SMILES string of the molecule is CC1(C)CS(=O)(=O)N(c2ccc(C(=O)Nc3ccc4c(c3)OCO4)cc2)C1=O. The molecule has 0 aromatic heterocycles. The second-order valence-corrected chi connectivity index (χ2v) is 9.10. The van der Waals surface area contributed by atoms with E-state index in [-0.39, 0.29) is 24.1 Å². The molecule has 0 bridgehead atoms. The van der Waals surface area contributed by atoms with E-state index in [1.807, 2.05) is 0 Å². The molecule has 146 valence electrons. The minimum absolute atomic E-state index is 0.142. The molecule has 2 aromatic rings. The Hall–Kier alpha value is -3.07. The number of hydrogen-bond donors (Lipinski definition) is 1. The molecule has 2 aromatic carbocycles. The van der Waals surface area contributed by atoms with Gasteiger partial charge in [-0.3, -0.25) is 9.59 Å². The fraction of sp³-hybridized carbons (Fsp3) is 0.263. The van der Waals surface area contributed by atoms with Gasteiger partial charge in [0.05, 0.1) is 16.9 Å². The first-order chi connectivity index (χ1) is 13.2. The molecule has 2 amide bonds. The monoisotopic (exact) mass is 402 g/mol. The normalized spacial score (nSPS) is 18.9. The highest BCUT2D eigenvalue weighted by atomic mass is 32.2. The summed E-state index contributed by atoms with van der Waals surface area (Å²) >= 11 is 0. The lowest BCUT2D eigenvalue weighted by Gasteiger charge is -2.17. The molecule has 2 aliphatic heterocycles. The number of rotatable bonds is 3. The Morgan fingerprint density at radius 3 is 2.39 bits per heavy atom. The third-order valence-electron chi connectivity index (χ3n) is 4.58. The second-order valence-electron chi connectivity index (χ2n) is 7.28. The van der Waals surface area contributed by atoms with Gasteiger partial charge in [-0.1, -0.05) is 0 Å². The van der Waals surface area contributed by atoms with Crippen molar-refractivity contribution in [3.8, 4) is 11.5 Å². The summed E-state index contributed by atoms with van der Waals surface area (Å²) in [5, 5.41) is 2.74. The van der Waals surface area contributed by atoms with Crippen LogP contribution < -0.4 is 19.1 Å². The topological polar surface area (TPSA) is 102 Å². The van der Waals surface area contributed by atoms with Crippen LogP contribution in [0.1, 0.15) is 24.2 Å². The van der Waals surface area contributed by atoms with Gasteiger partial charge < -0.3 is 14.8 Å². The predicted octanol–water partition coefficient (Wildman–Crippen LogP) is 2.37. The molecule has 9 heteroatoms. The van der Waals surface area contributed by atoms with Crippen LogP contribution in [0.25, 0.3) is 0 Å². The van der Waals surface area contributed by atoms with Gasteiger partial charge in [-0.05, 0) is 50.2 Å². The van der Waals surface area contributed by atoms with Gasteiger partial charge in [0, 0.05) is 17.3 Å². The first-order valence-electron chi connectivity index (χ1n) is 8.56. The molecule has 0 radical (unpaired) electrons. The predicted molar refractivity (Wildman–Crippen MR) is 102 cm³/mol. The Morgan fingerprint density at radius 1 is 1.07 bits per heavy atom. The van der Waals surface area contributed by atoms with Gasteiger partial charge in [-0.2, -0.15) is 0 Å². The van der Waals surface area contributed by atoms with Gasteiger partial charge in [0.1, 0.15) is 0 Å². The van der Waals surface area contributed by atoms with Gasteiger partial charge in [0.2, 0.25) is 22.7 Å². The maximum absolute atomic E-state index is 12.5. The highest BCUT2D eigenvalue weighted by molar-refractivity contribution is 7.94. The van der Waals surface area contributed by atoms with Crippen molar-refractivity contribution in [2.24, 2.45) is 5.41 Å². The number of carbonyl (C=O) groups excluding carboxylic acids is 2. The highest BCUT2D eigenvalue weighted by Crippen LogP contribution is 2.36. The third-order valence-corrected chi connectivity index (χ3v) is 6.60. The minimum Gasteiger partial charge on any atom is -0.454 e. The summed E-state index contributed by atoms with van der Waals surface area (Å²) in [7, 11) is -3.73. The van der Waals surface area contributed by atoms with Crippen molar-refractivity contribution in [3.05, 3.63) is 48.0 Å². The van der Waals surface area contributed by atoms with Crippen LogP contribution in [0.5, 0.6) is 11.5 Å². The molecule has 0 aliphatic carbocycles. The number of fused-ring (bicyclic) bond motifs is 1. The fourth-order valence-electron chi connectivity index (χ4n) is 3.19. The lowest BCUT2D eigenvalue weighted by Crippen LogP contribution is -2.32. The molecule has 1 N–H and O–H groups in total. The number of benzene rings is 2. The van der Waals surface area contributed by atoms with E-state index in [1.54, 1.807) is 32.0 Å². The molecule has 8 nitrogen and oxygen atoms in total. The Labute approximate surface area is 162 Å². The van der Waals surface area contributed by atoms with Crippen molar-refractivity contribution >= 4 is 33.2 Å². The Kier molecular flexibility index (Phi) is 4.07. The maximum atomic E-state index is 12.5. The Morgan fingerprint density at radius 2 is 1.75 bits per heavy atom. The van der Waals surface area contributed by atoms with Crippen molar-refractivity contribution in [2.75, 3.05) is 22.2 Å².